The highest BCUT2D eigenvalue weighted by Crippen LogP contribution is 2.26. The van der Waals surface area contributed by atoms with Crippen LogP contribution in [0.4, 0.5) is 0 Å². The number of hydrogen-bond donors (Lipinski definition) is 0. The van der Waals surface area contributed by atoms with Crippen LogP contribution in [-0.2, 0) is 11.3 Å². The summed E-state index contributed by atoms with van der Waals surface area (Å²) in [4.78, 5) is 3.82. The van der Waals surface area contributed by atoms with Gasteiger partial charge in [-0.05, 0) is 26.2 Å². The molecule has 0 aliphatic heterocycles. The number of halogens is 1. The van der Waals surface area contributed by atoms with E-state index in [0.29, 0.717) is 11.8 Å². The molecule has 0 fully saturated rings. The van der Waals surface area contributed by atoms with E-state index in [1.165, 1.54) is 0 Å². The summed E-state index contributed by atoms with van der Waals surface area (Å²) in [5.74, 6) is 1.20. The molecule has 0 bridgehead atoms. The molecule has 0 amide bonds. The summed E-state index contributed by atoms with van der Waals surface area (Å²) in [5, 5.41) is 0. The van der Waals surface area contributed by atoms with Gasteiger partial charge < -0.3 is 4.42 Å². The summed E-state index contributed by atoms with van der Waals surface area (Å²) < 4.78 is 5.29. The van der Waals surface area contributed by atoms with Gasteiger partial charge in [-0.1, -0.05) is 13.8 Å². The fraction of sp³-hybridized carbons (Fsp3) is 0.700. The van der Waals surface area contributed by atoms with Crippen molar-refractivity contribution in [3.8, 4) is 0 Å². The molecule has 0 N–H and O–H groups in total. The molecule has 0 aliphatic rings. The first kappa shape index (κ1) is 10.6. The van der Waals surface area contributed by atoms with Gasteiger partial charge in [-0.25, -0.2) is 4.98 Å². The van der Waals surface area contributed by atoms with Crippen molar-refractivity contribution in [1.82, 2.24) is 4.98 Å². The fourth-order valence-electron chi connectivity index (χ4n) is 1.09. The molecule has 0 aromatic carbocycles. The monoisotopic (exact) mass is 201 g/mol. The van der Waals surface area contributed by atoms with E-state index in [0.717, 1.165) is 12.1 Å². The third kappa shape index (κ3) is 3.03. The predicted molar refractivity (Wildman–Crippen MR) is 53.9 cm³/mol. The summed E-state index contributed by atoms with van der Waals surface area (Å²) in [6, 6.07) is 0. The normalized spacial score (nSPS) is 12.5. The van der Waals surface area contributed by atoms with Crippen molar-refractivity contribution in [2.24, 2.45) is 5.92 Å². The minimum atomic E-state index is -0.505. The standard InChI is InChI=1S/C10H16ClNO/c1-7(2)5-8-6-13-9(12-8)10(3,4)11/h6-7H,5H2,1-4H3. The van der Waals surface area contributed by atoms with E-state index in [1.54, 1.807) is 6.26 Å². The molecule has 1 aromatic heterocycles. The van der Waals surface area contributed by atoms with Crippen LogP contribution >= 0.6 is 11.6 Å². The van der Waals surface area contributed by atoms with Gasteiger partial charge in [-0.3, -0.25) is 0 Å². The Kier molecular flexibility index (Phi) is 3.01. The van der Waals surface area contributed by atoms with Crippen molar-refractivity contribution in [3.05, 3.63) is 17.8 Å². The molecule has 2 nitrogen and oxygen atoms in total. The highest BCUT2D eigenvalue weighted by atomic mass is 35.5. The Labute approximate surface area is 84.3 Å². The predicted octanol–water partition coefficient (Wildman–Crippen LogP) is 3.35. The Bertz CT molecular complexity index is 273. The molecule has 1 rings (SSSR count). The van der Waals surface area contributed by atoms with Gasteiger partial charge in [-0.2, -0.15) is 0 Å². The second-order valence-corrected chi connectivity index (χ2v) is 5.16. The zero-order valence-electron chi connectivity index (χ0n) is 8.60. The molecule has 1 aromatic rings. The van der Waals surface area contributed by atoms with Crippen LogP contribution in [0.1, 0.15) is 39.3 Å². The van der Waals surface area contributed by atoms with Gasteiger partial charge in [0.15, 0.2) is 0 Å². The van der Waals surface area contributed by atoms with Crippen molar-refractivity contribution in [2.45, 2.75) is 39.0 Å². The molecular formula is C10H16ClNO. The first-order valence-electron chi connectivity index (χ1n) is 4.53. The van der Waals surface area contributed by atoms with E-state index in [1.807, 2.05) is 13.8 Å². The van der Waals surface area contributed by atoms with Crippen molar-refractivity contribution in [3.63, 3.8) is 0 Å². The second-order valence-electron chi connectivity index (χ2n) is 4.21. The largest absolute Gasteiger partial charge is 0.447 e. The smallest absolute Gasteiger partial charge is 0.214 e. The van der Waals surface area contributed by atoms with Crippen LogP contribution in [0.25, 0.3) is 0 Å². The first-order valence-corrected chi connectivity index (χ1v) is 4.91. The quantitative estimate of drug-likeness (QED) is 0.701. The van der Waals surface area contributed by atoms with Crippen LogP contribution in [0.5, 0.6) is 0 Å². The second kappa shape index (κ2) is 3.70. The molecule has 0 saturated heterocycles. The third-order valence-corrected chi connectivity index (χ3v) is 1.84. The average molecular weight is 202 g/mol. The summed E-state index contributed by atoms with van der Waals surface area (Å²) in [6.07, 6.45) is 2.63. The molecule has 0 spiro atoms. The zero-order valence-corrected chi connectivity index (χ0v) is 9.35. The van der Waals surface area contributed by atoms with Gasteiger partial charge in [0.2, 0.25) is 5.89 Å². The SMILES string of the molecule is CC(C)Cc1coc(C(C)(C)Cl)n1. The lowest BCUT2D eigenvalue weighted by Gasteiger charge is -2.08. The molecular weight excluding hydrogens is 186 g/mol. The van der Waals surface area contributed by atoms with Crippen LogP contribution in [-0.4, -0.2) is 4.98 Å². The van der Waals surface area contributed by atoms with E-state index < -0.39 is 4.87 Å². The van der Waals surface area contributed by atoms with Gasteiger partial charge in [-0.15, -0.1) is 11.6 Å². The van der Waals surface area contributed by atoms with Gasteiger partial charge >= 0.3 is 0 Å². The Morgan fingerprint density at radius 1 is 1.54 bits per heavy atom. The first-order chi connectivity index (χ1) is 5.89. The van der Waals surface area contributed by atoms with E-state index in [-0.39, 0.29) is 0 Å². The highest BCUT2D eigenvalue weighted by Gasteiger charge is 2.22. The van der Waals surface area contributed by atoms with Gasteiger partial charge in [0.1, 0.15) is 11.1 Å². The molecule has 0 aliphatic carbocycles. The molecule has 1 heterocycles. The van der Waals surface area contributed by atoms with Crippen molar-refractivity contribution in [1.29, 1.82) is 0 Å². The molecule has 0 atom stereocenters. The van der Waals surface area contributed by atoms with Crippen molar-refractivity contribution in [2.75, 3.05) is 0 Å². The minimum absolute atomic E-state index is 0.505. The lowest BCUT2D eigenvalue weighted by molar-refractivity contribution is 0.447. The van der Waals surface area contributed by atoms with Gasteiger partial charge in [0, 0.05) is 0 Å². The third-order valence-electron chi connectivity index (χ3n) is 1.68. The van der Waals surface area contributed by atoms with Gasteiger partial charge in [0.05, 0.1) is 5.69 Å². The fourth-order valence-corrected chi connectivity index (χ4v) is 1.18. The number of hydrogen-bond acceptors (Lipinski definition) is 2. The van der Waals surface area contributed by atoms with E-state index in [9.17, 15) is 0 Å². The lowest BCUT2D eigenvalue weighted by atomic mass is 10.1. The van der Waals surface area contributed by atoms with Crippen LogP contribution in [0, 0.1) is 5.92 Å². The molecule has 13 heavy (non-hydrogen) atoms. The molecule has 3 heteroatoms. The lowest BCUT2D eigenvalue weighted by Crippen LogP contribution is -2.08. The number of alkyl halides is 1. The Morgan fingerprint density at radius 2 is 2.15 bits per heavy atom. The molecule has 0 unspecified atom stereocenters. The zero-order chi connectivity index (χ0) is 10.1. The number of aromatic nitrogens is 1. The minimum Gasteiger partial charge on any atom is -0.447 e. The summed E-state index contributed by atoms with van der Waals surface area (Å²) in [5.41, 5.74) is 0.985. The van der Waals surface area contributed by atoms with Crippen LogP contribution in [0.2, 0.25) is 0 Å². The Morgan fingerprint density at radius 3 is 2.54 bits per heavy atom. The van der Waals surface area contributed by atoms with E-state index in [2.05, 4.69) is 18.8 Å². The Hall–Kier alpha value is -0.500. The maximum Gasteiger partial charge on any atom is 0.214 e. The van der Waals surface area contributed by atoms with Crippen LogP contribution in [0.15, 0.2) is 10.7 Å². The summed E-state index contributed by atoms with van der Waals surface area (Å²) in [7, 11) is 0. The maximum atomic E-state index is 6.05. The van der Waals surface area contributed by atoms with Crippen LogP contribution < -0.4 is 0 Å². The van der Waals surface area contributed by atoms with E-state index in [4.69, 9.17) is 16.0 Å². The highest BCUT2D eigenvalue weighted by molar-refractivity contribution is 6.23. The van der Waals surface area contributed by atoms with Crippen molar-refractivity contribution < 1.29 is 4.42 Å². The van der Waals surface area contributed by atoms with Gasteiger partial charge in [0.25, 0.3) is 0 Å². The van der Waals surface area contributed by atoms with Crippen molar-refractivity contribution >= 4 is 11.6 Å². The molecule has 74 valence electrons. The topological polar surface area (TPSA) is 26.0 Å². The molecule has 0 saturated carbocycles. The summed E-state index contributed by atoms with van der Waals surface area (Å²) in [6.45, 7) is 8.06. The van der Waals surface area contributed by atoms with Crippen LogP contribution in [0.3, 0.4) is 0 Å². The molecule has 0 radical (unpaired) electrons. The summed E-state index contributed by atoms with van der Waals surface area (Å²) >= 11 is 6.05. The number of oxazole rings is 1. The average Bonchev–Trinajstić information content (AvgIpc) is 2.32. The van der Waals surface area contributed by atoms with E-state index >= 15 is 0 Å². The maximum absolute atomic E-state index is 6.05. The number of nitrogens with zero attached hydrogens (tertiary/aromatic N) is 1. The Balaban J connectivity index is 2.75. The number of rotatable bonds is 3.